The first-order valence-corrected chi connectivity index (χ1v) is 18.2. The Bertz CT molecular complexity index is 2470. The maximum atomic E-state index is 14.4. The molecule has 0 radical (unpaired) electrons. The van der Waals surface area contributed by atoms with Crippen molar-refractivity contribution < 1.29 is 23.7 Å². The molecule has 0 bridgehead atoms. The van der Waals surface area contributed by atoms with Crippen LogP contribution in [0, 0.1) is 3.57 Å². The fourth-order valence-corrected chi connectivity index (χ4v) is 8.01. The Morgan fingerprint density at radius 1 is 0.922 bits per heavy atom. The van der Waals surface area contributed by atoms with Crippen molar-refractivity contribution in [1.29, 1.82) is 0 Å². The Hall–Kier alpha value is -5.20. The number of carbonyl (C=O) groups excluding carboxylic acids is 1. The van der Waals surface area contributed by atoms with Crippen LogP contribution in [0.4, 0.5) is 0 Å². The van der Waals surface area contributed by atoms with E-state index in [4.69, 9.17) is 23.9 Å². The van der Waals surface area contributed by atoms with Crippen LogP contribution in [0.15, 0.2) is 125 Å². The van der Waals surface area contributed by atoms with Crippen molar-refractivity contribution in [2.24, 2.45) is 4.99 Å². The third-order valence-corrected chi connectivity index (χ3v) is 10.4. The highest BCUT2D eigenvalue weighted by molar-refractivity contribution is 14.1. The molecule has 256 valence electrons. The molecule has 0 fully saturated rings. The first kappa shape index (κ1) is 34.3. The highest BCUT2D eigenvalue weighted by atomic mass is 127. The number of carbonyl (C=O) groups is 1. The number of hydrogen-bond acceptors (Lipinski definition) is 8. The summed E-state index contributed by atoms with van der Waals surface area (Å²) < 4.78 is 26.0. The minimum atomic E-state index is -0.789. The quantitative estimate of drug-likeness (QED) is 0.107. The average Bonchev–Trinajstić information content (AvgIpc) is 3.47. The number of fused-ring (bicyclic) bond motifs is 2. The van der Waals surface area contributed by atoms with Crippen LogP contribution in [-0.2, 0) is 16.1 Å². The number of aromatic nitrogens is 1. The summed E-state index contributed by atoms with van der Waals surface area (Å²) in [7, 11) is 3.19. The summed E-state index contributed by atoms with van der Waals surface area (Å²) in [5, 5.41) is 2.28. The molecular formula is C41H33IN2O6S. The summed E-state index contributed by atoms with van der Waals surface area (Å²) in [6, 6.07) is 34.3. The highest BCUT2D eigenvalue weighted by Crippen LogP contribution is 2.37. The summed E-state index contributed by atoms with van der Waals surface area (Å²) in [4.78, 5) is 33.5. The molecule has 1 aromatic heterocycles. The van der Waals surface area contributed by atoms with Crippen molar-refractivity contribution >= 4 is 62.4 Å². The number of halogens is 1. The van der Waals surface area contributed by atoms with Crippen molar-refractivity contribution in [1.82, 2.24) is 4.57 Å². The predicted molar refractivity (Wildman–Crippen MR) is 208 cm³/mol. The van der Waals surface area contributed by atoms with E-state index in [1.54, 1.807) is 25.7 Å². The second-order valence-corrected chi connectivity index (χ2v) is 13.8. The molecule has 7 rings (SSSR count). The second kappa shape index (κ2) is 15.0. The topological polar surface area (TPSA) is 88.4 Å². The van der Waals surface area contributed by atoms with E-state index in [2.05, 4.69) is 46.9 Å². The monoisotopic (exact) mass is 808 g/mol. The van der Waals surface area contributed by atoms with Gasteiger partial charge in [0.1, 0.15) is 12.4 Å². The Kier molecular flexibility index (Phi) is 10.0. The normalized spacial score (nSPS) is 14.2. The van der Waals surface area contributed by atoms with E-state index in [0.29, 0.717) is 38.9 Å². The molecule has 1 aliphatic rings. The van der Waals surface area contributed by atoms with Crippen molar-refractivity contribution in [3.8, 4) is 17.2 Å². The van der Waals surface area contributed by atoms with Gasteiger partial charge in [-0.05, 0) is 87.3 Å². The third-order valence-electron chi connectivity index (χ3n) is 8.61. The molecule has 0 saturated carbocycles. The summed E-state index contributed by atoms with van der Waals surface area (Å²) in [5.74, 6) is 1.29. The number of ether oxygens (including phenoxy) is 4. The van der Waals surface area contributed by atoms with Crippen LogP contribution in [0.1, 0.15) is 35.2 Å². The number of rotatable bonds is 10. The molecule has 0 spiro atoms. The Balaban J connectivity index is 1.33. The molecule has 1 atom stereocenters. The lowest BCUT2D eigenvalue weighted by Gasteiger charge is -2.26. The summed E-state index contributed by atoms with van der Waals surface area (Å²) in [6.45, 7) is 2.30. The number of nitrogens with zero attached hydrogens (tertiary/aromatic N) is 2. The van der Waals surface area contributed by atoms with Gasteiger partial charge in [-0.1, -0.05) is 96.3 Å². The third kappa shape index (κ3) is 6.81. The standard InChI is InChI=1S/C41H33IN2O6S/c1-4-49-40(46)35-36(27-12-6-5-7-13-27)43-41-44(37(35)28-17-19-30(47-2)20-18-28)39(45)34(51-41)23-25-21-32(42)38(33(22-25)48-3)50-24-29-15-10-14-26-11-8-9-16-31(26)29/h5-23,37H,4,24H2,1-3H3/b34-23-/t37-/m0/s1. The smallest absolute Gasteiger partial charge is 0.338 e. The van der Waals surface area contributed by atoms with Gasteiger partial charge in [-0.3, -0.25) is 9.36 Å². The van der Waals surface area contributed by atoms with Gasteiger partial charge >= 0.3 is 5.97 Å². The van der Waals surface area contributed by atoms with Crippen LogP contribution < -0.4 is 29.1 Å². The van der Waals surface area contributed by atoms with Gasteiger partial charge in [0, 0.05) is 5.56 Å². The fraction of sp³-hybridized carbons (Fsp3) is 0.146. The molecule has 5 aromatic carbocycles. The minimum Gasteiger partial charge on any atom is -0.497 e. The van der Waals surface area contributed by atoms with E-state index in [9.17, 15) is 9.59 Å². The van der Waals surface area contributed by atoms with Gasteiger partial charge in [-0.25, -0.2) is 9.79 Å². The largest absolute Gasteiger partial charge is 0.497 e. The van der Waals surface area contributed by atoms with Crippen molar-refractivity contribution in [3.63, 3.8) is 0 Å². The van der Waals surface area contributed by atoms with Crippen molar-refractivity contribution in [2.45, 2.75) is 19.6 Å². The highest BCUT2D eigenvalue weighted by Gasteiger charge is 2.35. The van der Waals surface area contributed by atoms with Crippen LogP contribution >= 0.6 is 33.9 Å². The second-order valence-electron chi connectivity index (χ2n) is 11.7. The van der Waals surface area contributed by atoms with E-state index in [1.165, 1.54) is 11.3 Å². The number of methoxy groups -OCH3 is 2. The number of esters is 1. The summed E-state index contributed by atoms with van der Waals surface area (Å²) >= 11 is 3.50. The van der Waals surface area contributed by atoms with Gasteiger partial charge in [0.25, 0.3) is 5.56 Å². The zero-order valence-electron chi connectivity index (χ0n) is 28.1. The van der Waals surface area contributed by atoms with Crippen LogP contribution in [0.5, 0.6) is 17.2 Å². The van der Waals surface area contributed by atoms with Gasteiger partial charge in [-0.15, -0.1) is 0 Å². The molecule has 8 nitrogen and oxygen atoms in total. The Labute approximate surface area is 312 Å². The van der Waals surface area contributed by atoms with Crippen LogP contribution in [0.25, 0.3) is 22.5 Å². The van der Waals surface area contributed by atoms with E-state index < -0.39 is 12.0 Å². The fourth-order valence-electron chi connectivity index (χ4n) is 6.22. The average molecular weight is 809 g/mol. The first-order chi connectivity index (χ1) is 24.9. The van der Waals surface area contributed by atoms with Gasteiger partial charge in [0.05, 0.1) is 46.2 Å². The molecule has 0 aliphatic carbocycles. The van der Waals surface area contributed by atoms with E-state index in [1.807, 2.05) is 91.0 Å². The lowest BCUT2D eigenvalue weighted by Crippen LogP contribution is -2.40. The molecule has 0 amide bonds. The van der Waals surface area contributed by atoms with Crippen molar-refractivity contribution in [3.05, 3.63) is 160 Å². The van der Waals surface area contributed by atoms with Gasteiger partial charge in [0.2, 0.25) is 0 Å². The van der Waals surface area contributed by atoms with Crippen LogP contribution in [0.2, 0.25) is 0 Å². The molecule has 1 aliphatic heterocycles. The minimum absolute atomic E-state index is 0.173. The van der Waals surface area contributed by atoms with E-state index in [-0.39, 0.29) is 17.7 Å². The number of benzene rings is 5. The zero-order chi connectivity index (χ0) is 35.5. The first-order valence-electron chi connectivity index (χ1n) is 16.3. The molecule has 2 heterocycles. The molecule has 51 heavy (non-hydrogen) atoms. The Morgan fingerprint density at radius 2 is 1.67 bits per heavy atom. The van der Waals surface area contributed by atoms with Gasteiger partial charge < -0.3 is 18.9 Å². The lowest BCUT2D eigenvalue weighted by atomic mass is 9.93. The maximum Gasteiger partial charge on any atom is 0.338 e. The SMILES string of the molecule is CCOC(=O)C1=C(c2ccccc2)N=c2s/c(=C\c3cc(I)c(OCc4cccc5ccccc45)c(OC)c3)c(=O)n2[C@H]1c1ccc(OC)cc1. The molecular weight excluding hydrogens is 775 g/mol. The van der Waals surface area contributed by atoms with E-state index >= 15 is 0 Å². The lowest BCUT2D eigenvalue weighted by molar-refractivity contribution is -0.138. The van der Waals surface area contributed by atoms with E-state index in [0.717, 1.165) is 36.6 Å². The van der Waals surface area contributed by atoms with Crippen LogP contribution in [0.3, 0.4) is 0 Å². The molecule has 6 aromatic rings. The molecule has 0 N–H and O–H groups in total. The molecule has 0 unspecified atom stereocenters. The van der Waals surface area contributed by atoms with Gasteiger partial charge in [-0.2, -0.15) is 0 Å². The summed E-state index contributed by atoms with van der Waals surface area (Å²) in [6.07, 6.45) is 1.82. The Morgan fingerprint density at radius 3 is 2.41 bits per heavy atom. The summed E-state index contributed by atoms with van der Waals surface area (Å²) in [5.41, 5.74) is 3.77. The maximum absolute atomic E-state index is 14.4. The van der Waals surface area contributed by atoms with Crippen LogP contribution in [-0.4, -0.2) is 31.4 Å². The number of thiazole rings is 1. The predicted octanol–water partition coefficient (Wildman–Crippen LogP) is 7.29. The van der Waals surface area contributed by atoms with Gasteiger partial charge in [0.15, 0.2) is 16.3 Å². The van der Waals surface area contributed by atoms with Crippen molar-refractivity contribution in [2.75, 3.05) is 20.8 Å². The zero-order valence-corrected chi connectivity index (χ0v) is 31.1. The number of hydrogen-bond donors (Lipinski definition) is 0. The molecule has 10 heteroatoms. The molecule has 0 saturated heterocycles.